The van der Waals surface area contributed by atoms with Crippen molar-refractivity contribution in [3.05, 3.63) is 100 Å². The summed E-state index contributed by atoms with van der Waals surface area (Å²) in [5, 5.41) is 3.29. The highest BCUT2D eigenvalue weighted by atomic mass is 35.5. The Labute approximate surface area is 203 Å². The predicted octanol–water partition coefficient (Wildman–Crippen LogP) is 5.11. The van der Waals surface area contributed by atoms with Crippen molar-refractivity contribution >= 4 is 45.0 Å². The molecule has 0 saturated carbocycles. The highest BCUT2D eigenvalue weighted by molar-refractivity contribution is 7.98. The molecular weight excluding hydrogens is 483 g/mol. The first kappa shape index (κ1) is 25.1. The van der Waals surface area contributed by atoms with Gasteiger partial charge in [0.05, 0.1) is 18.5 Å². The van der Waals surface area contributed by atoms with Crippen LogP contribution in [-0.4, -0.2) is 32.9 Å². The summed E-state index contributed by atoms with van der Waals surface area (Å²) >= 11 is 7.55. The molecule has 0 atom stereocenters. The largest absolute Gasteiger partial charge is 0.351 e. The third-order valence-electron chi connectivity index (χ3n) is 4.79. The normalized spacial score (nSPS) is 11.2. The molecular formula is C24H24ClFN2O3S2. The SMILES string of the molecule is CS(=O)(=O)N(Cc1ccc(C(=O)NCCSCc2ccccc2F)cc1)c1cccc(Cl)c1. The zero-order valence-electron chi connectivity index (χ0n) is 18.0. The summed E-state index contributed by atoms with van der Waals surface area (Å²) in [6.45, 7) is 0.573. The maximum atomic E-state index is 13.6. The molecule has 3 aromatic carbocycles. The highest BCUT2D eigenvalue weighted by Gasteiger charge is 2.18. The summed E-state index contributed by atoms with van der Waals surface area (Å²) in [6, 6.07) is 20.1. The molecule has 1 N–H and O–H groups in total. The fourth-order valence-corrected chi connectivity index (χ4v) is 5.00. The minimum atomic E-state index is -3.53. The third-order valence-corrected chi connectivity index (χ3v) is 7.17. The molecule has 0 aromatic heterocycles. The summed E-state index contributed by atoms with van der Waals surface area (Å²) in [4.78, 5) is 12.4. The molecule has 5 nitrogen and oxygen atoms in total. The van der Waals surface area contributed by atoms with Gasteiger partial charge in [-0.05, 0) is 47.5 Å². The van der Waals surface area contributed by atoms with Gasteiger partial charge >= 0.3 is 0 Å². The first-order valence-electron chi connectivity index (χ1n) is 10.2. The van der Waals surface area contributed by atoms with Gasteiger partial charge < -0.3 is 5.32 Å². The average Bonchev–Trinajstić information content (AvgIpc) is 2.78. The molecule has 0 aliphatic rings. The van der Waals surface area contributed by atoms with E-state index in [1.54, 1.807) is 78.5 Å². The number of amides is 1. The van der Waals surface area contributed by atoms with Crippen LogP contribution >= 0.6 is 23.4 Å². The summed E-state index contributed by atoms with van der Waals surface area (Å²) < 4.78 is 39.5. The summed E-state index contributed by atoms with van der Waals surface area (Å²) in [6.07, 6.45) is 1.14. The molecule has 0 radical (unpaired) electrons. The van der Waals surface area contributed by atoms with E-state index >= 15 is 0 Å². The van der Waals surface area contributed by atoms with Gasteiger partial charge in [0.2, 0.25) is 10.0 Å². The fourth-order valence-electron chi connectivity index (χ4n) is 3.09. The third kappa shape index (κ3) is 7.48. The number of nitrogens with zero attached hydrogens (tertiary/aromatic N) is 1. The Bertz CT molecular complexity index is 1200. The van der Waals surface area contributed by atoms with Crippen LogP contribution in [0.3, 0.4) is 0 Å². The number of rotatable bonds is 10. The van der Waals surface area contributed by atoms with Crippen molar-refractivity contribution in [1.29, 1.82) is 0 Å². The van der Waals surface area contributed by atoms with Crippen LogP contribution in [0.4, 0.5) is 10.1 Å². The Morgan fingerprint density at radius 1 is 1.06 bits per heavy atom. The quantitative estimate of drug-likeness (QED) is 0.388. The molecule has 33 heavy (non-hydrogen) atoms. The molecule has 3 aromatic rings. The molecule has 0 aliphatic heterocycles. The number of carbonyl (C=O) groups excluding carboxylic acids is 1. The maximum absolute atomic E-state index is 13.6. The Morgan fingerprint density at radius 3 is 2.45 bits per heavy atom. The van der Waals surface area contributed by atoms with Crippen LogP contribution in [0.2, 0.25) is 5.02 Å². The Balaban J connectivity index is 1.53. The number of carbonyl (C=O) groups is 1. The van der Waals surface area contributed by atoms with E-state index in [0.717, 1.165) is 11.8 Å². The Hall–Kier alpha value is -2.55. The molecule has 0 bridgehead atoms. The van der Waals surface area contributed by atoms with Crippen LogP contribution in [0.5, 0.6) is 0 Å². The summed E-state index contributed by atoms with van der Waals surface area (Å²) in [7, 11) is -3.53. The number of thioether (sulfide) groups is 1. The molecule has 0 unspecified atom stereocenters. The standard InChI is InChI=1S/C24H24ClFN2O3S2/c1-33(30,31)28(22-7-4-6-21(25)15-22)16-18-9-11-19(12-10-18)24(29)27-13-14-32-17-20-5-2-3-8-23(20)26/h2-12,15H,13-14,16-17H2,1H3,(H,27,29). The lowest BCUT2D eigenvalue weighted by molar-refractivity contribution is 0.0956. The molecule has 3 rings (SSSR count). The van der Waals surface area contributed by atoms with Crippen molar-refractivity contribution in [3.8, 4) is 0 Å². The number of hydrogen-bond donors (Lipinski definition) is 1. The van der Waals surface area contributed by atoms with Gasteiger partial charge in [-0.3, -0.25) is 9.10 Å². The van der Waals surface area contributed by atoms with E-state index in [2.05, 4.69) is 5.32 Å². The molecule has 0 heterocycles. The van der Waals surface area contributed by atoms with Crippen LogP contribution in [0, 0.1) is 5.82 Å². The van der Waals surface area contributed by atoms with E-state index in [4.69, 9.17) is 11.6 Å². The van der Waals surface area contributed by atoms with Crippen LogP contribution in [0.25, 0.3) is 0 Å². The summed E-state index contributed by atoms with van der Waals surface area (Å²) in [5.74, 6) is 0.753. The maximum Gasteiger partial charge on any atom is 0.251 e. The highest BCUT2D eigenvalue weighted by Crippen LogP contribution is 2.24. The first-order valence-corrected chi connectivity index (χ1v) is 13.5. The minimum absolute atomic E-state index is 0.119. The second-order valence-corrected chi connectivity index (χ2v) is 10.8. The summed E-state index contributed by atoms with van der Waals surface area (Å²) in [5.41, 5.74) is 2.33. The van der Waals surface area contributed by atoms with Crippen molar-refractivity contribution < 1.29 is 17.6 Å². The van der Waals surface area contributed by atoms with Gasteiger partial charge in [0.1, 0.15) is 5.82 Å². The van der Waals surface area contributed by atoms with Gasteiger partial charge in [0.15, 0.2) is 0 Å². The molecule has 0 spiro atoms. The molecule has 174 valence electrons. The molecule has 0 saturated heterocycles. The van der Waals surface area contributed by atoms with E-state index in [1.807, 2.05) is 0 Å². The number of nitrogens with one attached hydrogen (secondary N) is 1. The predicted molar refractivity (Wildman–Crippen MR) is 134 cm³/mol. The minimum Gasteiger partial charge on any atom is -0.351 e. The Morgan fingerprint density at radius 2 is 1.79 bits per heavy atom. The van der Waals surface area contributed by atoms with E-state index in [1.165, 1.54) is 10.4 Å². The van der Waals surface area contributed by atoms with Gasteiger partial charge in [-0.2, -0.15) is 11.8 Å². The van der Waals surface area contributed by atoms with Crippen molar-refractivity contribution in [1.82, 2.24) is 5.32 Å². The molecule has 0 aliphatic carbocycles. The van der Waals surface area contributed by atoms with Gasteiger partial charge in [0, 0.05) is 28.6 Å². The van der Waals surface area contributed by atoms with Gasteiger partial charge in [-0.1, -0.05) is 48.0 Å². The number of anilines is 1. The molecule has 0 fully saturated rings. The second kappa shape index (κ2) is 11.5. The lowest BCUT2D eigenvalue weighted by Crippen LogP contribution is -2.29. The lowest BCUT2D eigenvalue weighted by atomic mass is 10.1. The van der Waals surface area contributed by atoms with Crippen LogP contribution < -0.4 is 9.62 Å². The van der Waals surface area contributed by atoms with Crippen molar-refractivity contribution in [2.24, 2.45) is 0 Å². The van der Waals surface area contributed by atoms with Crippen LogP contribution in [0.15, 0.2) is 72.8 Å². The monoisotopic (exact) mass is 506 g/mol. The number of halogens is 2. The molecule has 1 amide bonds. The number of sulfonamides is 1. The smallest absolute Gasteiger partial charge is 0.251 e. The average molecular weight is 507 g/mol. The van der Waals surface area contributed by atoms with Gasteiger partial charge in [-0.15, -0.1) is 0 Å². The Kier molecular flexibility index (Phi) is 8.77. The number of hydrogen-bond acceptors (Lipinski definition) is 4. The lowest BCUT2D eigenvalue weighted by Gasteiger charge is -2.22. The van der Waals surface area contributed by atoms with Gasteiger partial charge in [0.25, 0.3) is 5.91 Å². The first-order chi connectivity index (χ1) is 15.7. The van der Waals surface area contributed by atoms with E-state index in [-0.39, 0.29) is 18.3 Å². The van der Waals surface area contributed by atoms with Crippen molar-refractivity contribution in [2.45, 2.75) is 12.3 Å². The van der Waals surface area contributed by atoms with Crippen molar-refractivity contribution in [3.63, 3.8) is 0 Å². The topological polar surface area (TPSA) is 66.5 Å². The van der Waals surface area contributed by atoms with Gasteiger partial charge in [-0.25, -0.2) is 12.8 Å². The fraction of sp³-hybridized carbons (Fsp3) is 0.208. The zero-order valence-corrected chi connectivity index (χ0v) is 20.4. The molecule has 9 heteroatoms. The van der Waals surface area contributed by atoms with Crippen LogP contribution in [0.1, 0.15) is 21.5 Å². The van der Waals surface area contributed by atoms with E-state index < -0.39 is 10.0 Å². The van der Waals surface area contributed by atoms with E-state index in [9.17, 15) is 17.6 Å². The van der Waals surface area contributed by atoms with Crippen molar-refractivity contribution in [2.75, 3.05) is 22.9 Å². The second-order valence-electron chi connectivity index (χ2n) is 7.35. The van der Waals surface area contributed by atoms with Crippen LogP contribution in [-0.2, 0) is 22.3 Å². The number of benzene rings is 3. The zero-order chi connectivity index (χ0) is 23.8. The van der Waals surface area contributed by atoms with E-state index in [0.29, 0.717) is 39.9 Å².